The van der Waals surface area contributed by atoms with Gasteiger partial charge in [0.2, 0.25) is 0 Å². The van der Waals surface area contributed by atoms with Crippen LogP contribution in [0.1, 0.15) is 18.1 Å². The lowest BCUT2D eigenvalue weighted by molar-refractivity contribution is -0.112. The molecule has 2 aromatic carbocycles. The molecule has 0 aromatic heterocycles. The number of aryl methyl sites for hydroxylation is 2. The molecule has 122 valence electrons. The molecule has 0 saturated heterocycles. The van der Waals surface area contributed by atoms with Crippen LogP contribution in [0.15, 0.2) is 52.7 Å². The number of benzene rings is 2. The summed E-state index contributed by atoms with van der Waals surface area (Å²) in [7, 11) is 0. The van der Waals surface area contributed by atoms with Gasteiger partial charge in [0.15, 0.2) is 5.71 Å². The molecular weight excluding hydrogens is 304 g/mol. The fraction of sp³-hybridized carbons (Fsp3) is 0.167. The van der Waals surface area contributed by atoms with Crippen LogP contribution in [0.3, 0.4) is 0 Å². The number of nitrogens with one attached hydrogen (secondary N) is 1. The van der Waals surface area contributed by atoms with E-state index in [4.69, 9.17) is 0 Å². The number of anilines is 2. The third-order valence-corrected chi connectivity index (χ3v) is 3.91. The lowest BCUT2D eigenvalue weighted by atomic mass is 10.1. The van der Waals surface area contributed by atoms with Gasteiger partial charge in [-0.1, -0.05) is 18.2 Å². The van der Waals surface area contributed by atoms with Crippen molar-refractivity contribution in [2.75, 3.05) is 10.4 Å². The van der Waals surface area contributed by atoms with Gasteiger partial charge in [-0.05, 0) is 56.2 Å². The Morgan fingerprint density at radius 2 is 1.83 bits per heavy atom. The topological polar surface area (TPSA) is 77.3 Å². The van der Waals surface area contributed by atoms with Crippen molar-refractivity contribution >= 4 is 28.7 Å². The van der Waals surface area contributed by atoms with E-state index in [1.54, 1.807) is 31.2 Å². The number of amides is 1. The molecule has 0 aliphatic carbocycles. The number of para-hydroxylation sites is 2. The Labute approximate surface area is 140 Å². The van der Waals surface area contributed by atoms with Gasteiger partial charge >= 0.3 is 5.91 Å². The van der Waals surface area contributed by atoms with Gasteiger partial charge in [0.25, 0.3) is 0 Å². The van der Waals surface area contributed by atoms with E-state index in [2.05, 4.69) is 15.6 Å². The standard InChI is InChI=1S/C18H18N4O2/c1-11-8-9-14(10-12(11)2)22-18(24)17(13(3)21-22)20-19-15-6-4-5-7-16(15)23/h4-10,19,23H,1-3H3. The smallest absolute Gasteiger partial charge is 0.301 e. The summed E-state index contributed by atoms with van der Waals surface area (Å²) in [6.45, 7) is 5.73. The van der Waals surface area contributed by atoms with Gasteiger partial charge in [-0.3, -0.25) is 10.2 Å². The minimum atomic E-state index is -0.307. The van der Waals surface area contributed by atoms with Crippen molar-refractivity contribution in [2.24, 2.45) is 10.2 Å². The summed E-state index contributed by atoms with van der Waals surface area (Å²) in [5.74, 6) is -0.244. The zero-order valence-corrected chi connectivity index (χ0v) is 13.7. The second-order valence-electron chi connectivity index (χ2n) is 5.66. The average Bonchev–Trinajstić information content (AvgIpc) is 2.84. The van der Waals surface area contributed by atoms with Crippen LogP contribution in [0.25, 0.3) is 0 Å². The fourth-order valence-electron chi connectivity index (χ4n) is 2.34. The van der Waals surface area contributed by atoms with Gasteiger partial charge in [-0.25, -0.2) is 0 Å². The minimum absolute atomic E-state index is 0.0629. The number of hydrazone groups is 2. The molecule has 2 aromatic rings. The Morgan fingerprint density at radius 1 is 1.08 bits per heavy atom. The maximum absolute atomic E-state index is 12.6. The molecule has 2 N–H and O–H groups in total. The summed E-state index contributed by atoms with van der Waals surface area (Å²) in [6.07, 6.45) is 0. The average molecular weight is 322 g/mol. The summed E-state index contributed by atoms with van der Waals surface area (Å²) in [5.41, 5.74) is 6.82. The van der Waals surface area contributed by atoms with Crippen LogP contribution in [-0.2, 0) is 4.79 Å². The van der Waals surface area contributed by atoms with Crippen LogP contribution in [0, 0.1) is 13.8 Å². The first-order valence-corrected chi connectivity index (χ1v) is 7.56. The second kappa shape index (κ2) is 6.16. The Kier molecular flexibility index (Phi) is 4.04. The third-order valence-electron chi connectivity index (χ3n) is 3.91. The molecule has 24 heavy (non-hydrogen) atoms. The summed E-state index contributed by atoms with van der Waals surface area (Å²) in [5, 5.41) is 19.5. The molecule has 6 nitrogen and oxygen atoms in total. The quantitative estimate of drug-likeness (QED) is 0.673. The van der Waals surface area contributed by atoms with E-state index >= 15 is 0 Å². The van der Waals surface area contributed by atoms with E-state index < -0.39 is 0 Å². The molecule has 0 unspecified atom stereocenters. The molecule has 1 aliphatic heterocycles. The molecular formula is C18H18N4O2. The number of rotatable bonds is 3. The molecule has 0 saturated carbocycles. The number of phenolic OH excluding ortho intramolecular Hbond substituents is 1. The van der Waals surface area contributed by atoms with Gasteiger partial charge in [0, 0.05) is 0 Å². The summed E-state index contributed by atoms with van der Waals surface area (Å²) < 4.78 is 0. The molecule has 1 heterocycles. The number of aromatic hydroxyl groups is 1. The van der Waals surface area contributed by atoms with E-state index in [9.17, 15) is 9.90 Å². The first kappa shape index (κ1) is 15.7. The number of nitrogens with zero attached hydrogens (tertiary/aromatic N) is 3. The van der Waals surface area contributed by atoms with E-state index in [1.165, 1.54) is 5.01 Å². The van der Waals surface area contributed by atoms with Crippen molar-refractivity contribution in [3.63, 3.8) is 0 Å². The Bertz CT molecular complexity index is 871. The van der Waals surface area contributed by atoms with Crippen LogP contribution in [0.4, 0.5) is 11.4 Å². The largest absolute Gasteiger partial charge is 0.506 e. The predicted molar refractivity (Wildman–Crippen MR) is 95.7 cm³/mol. The normalized spacial score (nSPS) is 15.8. The lowest BCUT2D eigenvalue weighted by Gasteiger charge is -2.13. The van der Waals surface area contributed by atoms with Crippen molar-refractivity contribution in [1.29, 1.82) is 0 Å². The van der Waals surface area contributed by atoms with Crippen molar-refractivity contribution in [3.05, 3.63) is 53.6 Å². The van der Waals surface area contributed by atoms with Crippen LogP contribution >= 0.6 is 0 Å². The predicted octanol–water partition coefficient (Wildman–Crippen LogP) is 3.20. The van der Waals surface area contributed by atoms with Crippen molar-refractivity contribution in [1.82, 2.24) is 0 Å². The van der Waals surface area contributed by atoms with Crippen LogP contribution in [0.5, 0.6) is 5.75 Å². The van der Waals surface area contributed by atoms with Crippen LogP contribution in [0.2, 0.25) is 0 Å². The number of phenols is 1. The first-order chi connectivity index (χ1) is 11.5. The molecule has 6 heteroatoms. The Morgan fingerprint density at radius 3 is 2.54 bits per heavy atom. The maximum atomic E-state index is 12.6. The SMILES string of the molecule is CC1=NN(c2ccc(C)c(C)c2)C(=O)C1=NNc1ccccc1O. The highest BCUT2D eigenvalue weighted by Crippen LogP contribution is 2.24. The van der Waals surface area contributed by atoms with Gasteiger partial charge in [0.05, 0.1) is 17.1 Å². The summed E-state index contributed by atoms with van der Waals surface area (Å²) in [4.78, 5) is 12.6. The third kappa shape index (κ3) is 2.86. The van der Waals surface area contributed by atoms with Gasteiger partial charge in [-0.15, -0.1) is 0 Å². The Hall–Kier alpha value is -3.15. The molecule has 3 rings (SSSR count). The van der Waals surface area contributed by atoms with Crippen LogP contribution < -0.4 is 10.4 Å². The van der Waals surface area contributed by atoms with Crippen LogP contribution in [-0.4, -0.2) is 22.4 Å². The maximum Gasteiger partial charge on any atom is 0.301 e. The second-order valence-corrected chi connectivity index (χ2v) is 5.66. The zero-order valence-electron chi connectivity index (χ0n) is 13.7. The molecule has 0 fully saturated rings. The highest BCUT2D eigenvalue weighted by atomic mass is 16.3. The Balaban J connectivity index is 1.86. The van der Waals surface area contributed by atoms with Gasteiger partial charge < -0.3 is 5.11 Å². The summed E-state index contributed by atoms with van der Waals surface area (Å²) >= 11 is 0. The highest BCUT2D eigenvalue weighted by Gasteiger charge is 2.30. The molecule has 0 radical (unpaired) electrons. The van der Waals surface area contributed by atoms with E-state index in [-0.39, 0.29) is 17.4 Å². The monoisotopic (exact) mass is 322 g/mol. The van der Waals surface area contributed by atoms with Gasteiger partial charge in [-0.2, -0.15) is 15.2 Å². The molecule has 0 spiro atoms. The number of carbonyl (C=O) groups is 1. The number of hydrogen-bond acceptors (Lipinski definition) is 5. The van der Waals surface area contributed by atoms with Crippen molar-refractivity contribution in [3.8, 4) is 5.75 Å². The van der Waals surface area contributed by atoms with E-state index in [1.807, 2.05) is 32.0 Å². The lowest BCUT2D eigenvalue weighted by Crippen LogP contribution is -2.28. The molecule has 1 amide bonds. The zero-order chi connectivity index (χ0) is 17.3. The summed E-state index contributed by atoms with van der Waals surface area (Å²) in [6, 6.07) is 12.4. The molecule has 0 bridgehead atoms. The van der Waals surface area contributed by atoms with Crippen molar-refractivity contribution < 1.29 is 9.90 Å². The highest BCUT2D eigenvalue weighted by molar-refractivity contribution is 6.71. The van der Waals surface area contributed by atoms with Gasteiger partial charge in [0.1, 0.15) is 5.75 Å². The number of hydrogen-bond donors (Lipinski definition) is 2. The minimum Gasteiger partial charge on any atom is -0.506 e. The molecule has 0 atom stereocenters. The fourth-order valence-corrected chi connectivity index (χ4v) is 2.34. The van der Waals surface area contributed by atoms with E-state index in [0.29, 0.717) is 17.1 Å². The van der Waals surface area contributed by atoms with E-state index in [0.717, 1.165) is 11.1 Å². The first-order valence-electron chi connectivity index (χ1n) is 7.56. The molecule has 1 aliphatic rings. The van der Waals surface area contributed by atoms with Crippen molar-refractivity contribution in [2.45, 2.75) is 20.8 Å². The number of carbonyl (C=O) groups excluding carboxylic acids is 1.